The van der Waals surface area contributed by atoms with Gasteiger partial charge >= 0.3 is 0 Å². The van der Waals surface area contributed by atoms with Crippen LogP contribution in [0.3, 0.4) is 0 Å². The first-order chi connectivity index (χ1) is 18.4. The molecule has 1 fully saturated rings. The number of benzene rings is 1. The van der Waals surface area contributed by atoms with E-state index in [1.54, 1.807) is 12.1 Å². The second kappa shape index (κ2) is 12.3. The number of nitrogens with one attached hydrogen (secondary N) is 1. The molecule has 1 amide bonds. The van der Waals surface area contributed by atoms with Crippen LogP contribution in [0.1, 0.15) is 25.8 Å². The second-order valence-electron chi connectivity index (χ2n) is 8.96. The van der Waals surface area contributed by atoms with E-state index in [9.17, 15) is 18.4 Å². The summed E-state index contributed by atoms with van der Waals surface area (Å²) in [5, 5.41) is 2.93. The SMILES string of the molecule is CCN(CC)CCC(=O)Nc1c(N2CCOCC2)c(=O)n(Cc2c(F)cccc2F)c2ccc(OC)nc12. The fourth-order valence-corrected chi connectivity index (χ4v) is 4.60. The number of halogens is 2. The van der Waals surface area contributed by atoms with Crippen LogP contribution in [-0.2, 0) is 16.1 Å². The summed E-state index contributed by atoms with van der Waals surface area (Å²) in [4.78, 5) is 35.7. The van der Waals surface area contributed by atoms with Gasteiger partial charge in [0.25, 0.3) is 5.56 Å². The van der Waals surface area contributed by atoms with Gasteiger partial charge in [0.05, 0.1) is 38.1 Å². The lowest BCUT2D eigenvalue weighted by Crippen LogP contribution is -2.41. The number of rotatable bonds is 10. The molecule has 0 radical (unpaired) electrons. The first-order valence-corrected chi connectivity index (χ1v) is 12.8. The predicted octanol–water partition coefficient (Wildman–Crippen LogP) is 3.24. The Labute approximate surface area is 220 Å². The molecule has 204 valence electrons. The first kappa shape index (κ1) is 27.5. The monoisotopic (exact) mass is 529 g/mol. The number of pyridine rings is 2. The maximum absolute atomic E-state index is 14.6. The van der Waals surface area contributed by atoms with Gasteiger partial charge in [-0.25, -0.2) is 13.8 Å². The average Bonchev–Trinajstić information content (AvgIpc) is 2.93. The van der Waals surface area contributed by atoms with Crippen molar-refractivity contribution in [3.8, 4) is 5.88 Å². The van der Waals surface area contributed by atoms with Gasteiger partial charge in [-0.3, -0.25) is 9.59 Å². The Kier molecular flexibility index (Phi) is 8.90. The molecule has 0 atom stereocenters. The van der Waals surface area contributed by atoms with Crippen LogP contribution in [0.5, 0.6) is 5.88 Å². The number of amides is 1. The Morgan fingerprint density at radius 3 is 2.45 bits per heavy atom. The summed E-state index contributed by atoms with van der Waals surface area (Å²) in [6.07, 6.45) is 0.221. The molecule has 3 heterocycles. The molecule has 2 aromatic heterocycles. The van der Waals surface area contributed by atoms with Gasteiger partial charge in [-0.2, -0.15) is 0 Å². The van der Waals surface area contributed by atoms with Crippen molar-refractivity contribution in [2.45, 2.75) is 26.8 Å². The van der Waals surface area contributed by atoms with Crippen molar-refractivity contribution < 1.29 is 23.0 Å². The van der Waals surface area contributed by atoms with E-state index in [2.05, 4.69) is 15.2 Å². The third kappa shape index (κ3) is 5.78. The molecule has 3 aromatic rings. The van der Waals surface area contributed by atoms with E-state index < -0.39 is 17.2 Å². The lowest BCUT2D eigenvalue weighted by atomic mass is 10.1. The van der Waals surface area contributed by atoms with Crippen molar-refractivity contribution in [1.29, 1.82) is 0 Å². The summed E-state index contributed by atoms with van der Waals surface area (Å²) < 4.78 is 41.3. The standard InChI is InChI=1S/C27H33F2N5O4/c1-4-32(5-2)12-11-22(35)30-25-24-21(9-10-23(31-24)37-3)34(17-18-19(28)7-6-8-20(18)29)27(36)26(25)33-13-15-38-16-14-33/h6-10H,4-5,11-17H2,1-3H3,(H,30,35). The molecule has 0 unspecified atom stereocenters. The molecule has 1 aliphatic rings. The van der Waals surface area contributed by atoms with E-state index in [-0.39, 0.29) is 41.7 Å². The van der Waals surface area contributed by atoms with Crippen molar-refractivity contribution in [2.24, 2.45) is 0 Å². The minimum atomic E-state index is -0.756. The lowest BCUT2D eigenvalue weighted by molar-refractivity contribution is -0.116. The van der Waals surface area contributed by atoms with Crippen LogP contribution in [0.25, 0.3) is 11.0 Å². The van der Waals surface area contributed by atoms with E-state index >= 15 is 0 Å². The lowest BCUT2D eigenvalue weighted by Gasteiger charge is -2.31. The molecule has 4 rings (SSSR count). The van der Waals surface area contributed by atoms with Gasteiger partial charge in [-0.15, -0.1) is 0 Å². The molecule has 0 bridgehead atoms. The number of morpholine rings is 1. The van der Waals surface area contributed by atoms with Crippen molar-refractivity contribution >= 4 is 28.3 Å². The molecule has 9 nitrogen and oxygen atoms in total. The van der Waals surface area contributed by atoms with E-state index in [1.165, 1.54) is 17.7 Å². The van der Waals surface area contributed by atoms with Crippen LogP contribution in [0.2, 0.25) is 0 Å². The van der Waals surface area contributed by atoms with E-state index in [4.69, 9.17) is 9.47 Å². The molecular weight excluding hydrogens is 496 g/mol. The Hall–Kier alpha value is -3.57. The number of hydrogen-bond donors (Lipinski definition) is 1. The predicted molar refractivity (Wildman–Crippen MR) is 142 cm³/mol. The zero-order valence-corrected chi connectivity index (χ0v) is 21.9. The molecule has 11 heteroatoms. The number of ether oxygens (including phenoxy) is 2. The number of carbonyl (C=O) groups excluding carboxylic acids is 1. The highest BCUT2D eigenvalue weighted by Gasteiger charge is 2.27. The first-order valence-electron chi connectivity index (χ1n) is 12.8. The van der Waals surface area contributed by atoms with Crippen LogP contribution < -0.4 is 20.5 Å². The van der Waals surface area contributed by atoms with Crippen LogP contribution in [-0.4, -0.2) is 73.4 Å². The normalized spacial score (nSPS) is 13.8. The van der Waals surface area contributed by atoms with Gasteiger partial charge in [-0.1, -0.05) is 19.9 Å². The van der Waals surface area contributed by atoms with Crippen molar-refractivity contribution in [3.63, 3.8) is 0 Å². The smallest absolute Gasteiger partial charge is 0.277 e. The summed E-state index contributed by atoms with van der Waals surface area (Å²) in [6.45, 7) is 7.47. The molecule has 1 N–H and O–H groups in total. The van der Waals surface area contributed by atoms with Crippen molar-refractivity contribution in [2.75, 3.05) is 63.3 Å². The van der Waals surface area contributed by atoms with E-state index in [1.807, 2.05) is 18.7 Å². The van der Waals surface area contributed by atoms with Gasteiger partial charge in [0, 0.05) is 37.7 Å². The topological polar surface area (TPSA) is 88.9 Å². The number of fused-ring (bicyclic) bond motifs is 1. The number of aromatic nitrogens is 2. The van der Waals surface area contributed by atoms with Crippen LogP contribution >= 0.6 is 0 Å². The number of nitrogens with zero attached hydrogens (tertiary/aromatic N) is 4. The summed E-state index contributed by atoms with van der Waals surface area (Å²) >= 11 is 0. The van der Waals surface area contributed by atoms with E-state index in [0.717, 1.165) is 25.2 Å². The second-order valence-corrected chi connectivity index (χ2v) is 8.96. The molecule has 0 spiro atoms. The van der Waals surface area contributed by atoms with Gasteiger partial charge in [0.2, 0.25) is 11.8 Å². The summed E-state index contributed by atoms with van der Waals surface area (Å²) in [5.41, 5.74) is 0.326. The van der Waals surface area contributed by atoms with Gasteiger partial charge in [0.1, 0.15) is 22.8 Å². The Bertz CT molecular complexity index is 1330. The molecule has 1 aromatic carbocycles. The molecular formula is C27H33F2N5O4. The molecule has 0 aliphatic carbocycles. The Balaban J connectivity index is 1.89. The van der Waals surface area contributed by atoms with Crippen LogP contribution in [0, 0.1) is 11.6 Å². The van der Waals surface area contributed by atoms with Crippen LogP contribution in [0.15, 0.2) is 35.1 Å². The number of carbonyl (C=O) groups is 1. The quantitative estimate of drug-likeness (QED) is 0.431. The number of methoxy groups -OCH3 is 1. The third-order valence-electron chi connectivity index (χ3n) is 6.79. The van der Waals surface area contributed by atoms with Crippen LogP contribution in [0.4, 0.5) is 20.2 Å². The maximum Gasteiger partial charge on any atom is 0.277 e. The average molecular weight is 530 g/mol. The fraction of sp³-hybridized carbons (Fsp3) is 0.444. The summed E-state index contributed by atoms with van der Waals surface area (Å²) in [7, 11) is 1.46. The largest absolute Gasteiger partial charge is 0.481 e. The van der Waals surface area contributed by atoms with Gasteiger partial charge < -0.3 is 29.2 Å². The van der Waals surface area contributed by atoms with Crippen molar-refractivity contribution in [1.82, 2.24) is 14.5 Å². The summed E-state index contributed by atoms with van der Waals surface area (Å²) in [6, 6.07) is 6.75. The molecule has 1 aliphatic heterocycles. The highest BCUT2D eigenvalue weighted by Crippen LogP contribution is 2.32. The Morgan fingerprint density at radius 1 is 1.13 bits per heavy atom. The third-order valence-corrected chi connectivity index (χ3v) is 6.79. The Morgan fingerprint density at radius 2 is 1.82 bits per heavy atom. The van der Waals surface area contributed by atoms with Gasteiger partial charge in [0.15, 0.2) is 0 Å². The minimum absolute atomic E-state index is 0.203. The summed E-state index contributed by atoms with van der Waals surface area (Å²) in [5.74, 6) is -1.51. The highest BCUT2D eigenvalue weighted by atomic mass is 19.1. The zero-order chi connectivity index (χ0) is 27.2. The fourth-order valence-electron chi connectivity index (χ4n) is 4.60. The van der Waals surface area contributed by atoms with E-state index in [0.29, 0.717) is 43.9 Å². The number of anilines is 2. The molecule has 1 saturated heterocycles. The molecule has 0 saturated carbocycles. The maximum atomic E-state index is 14.6. The van der Waals surface area contributed by atoms with Gasteiger partial charge in [-0.05, 0) is 31.3 Å². The highest BCUT2D eigenvalue weighted by molar-refractivity contribution is 6.04. The minimum Gasteiger partial charge on any atom is -0.481 e. The molecule has 38 heavy (non-hydrogen) atoms. The zero-order valence-electron chi connectivity index (χ0n) is 21.9. The van der Waals surface area contributed by atoms with Crippen molar-refractivity contribution in [3.05, 3.63) is 57.9 Å². The number of hydrogen-bond acceptors (Lipinski definition) is 7.